The molecule has 0 unspecified atom stereocenters. The van der Waals surface area contributed by atoms with Gasteiger partial charge in [0.05, 0.1) is 21.2 Å². The first-order chi connectivity index (χ1) is 18.4. The summed E-state index contributed by atoms with van der Waals surface area (Å²) in [5, 5.41) is 18.7. The molecule has 5 aromatic rings. The number of nitrogens with zero attached hydrogens (tertiary/aromatic N) is 4. The van der Waals surface area contributed by atoms with Crippen LogP contribution in [0.1, 0.15) is 0 Å². The number of aromatic nitrogens is 5. The van der Waals surface area contributed by atoms with Crippen molar-refractivity contribution in [1.82, 2.24) is 24.7 Å². The number of aromatic hydroxyl groups is 1. The number of nitrogens with one attached hydrogen (secondary N) is 3. The normalized spacial score (nSPS) is 11.9. The van der Waals surface area contributed by atoms with Gasteiger partial charge in [-0.15, -0.1) is 0 Å². The number of H-pyrrole nitrogens is 1. The lowest BCUT2D eigenvalue weighted by molar-refractivity contribution is 0.471. The van der Waals surface area contributed by atoms with E-state index in [0.29, 0.717) is 5.69 Å². The molecule has 0 amide bonds. The van der Waals surface area contributed by atoms with E-state index in [1.54, 1.807) is 30.3 Å². The maximum Gasteiger partial charge on any atom is 0.294 e. The van der Waals surface area contributed by atoms with Crippen LogP contribution < -0.4 is 16.2 Å². The first-order valence-electron chi connectivity index (χ1n) is 10.7. The lowest BCUT2D eigenvalue weighted by Gasteiger charge is -2.13. The fraction of sp³-hybridized carbons (Fsp3) is 0. The molecule has 0 radical (unpaired) electrons. The van der Waals surface area contributed by atoms with Crippen molar-refractivity contribution in [3.63, 3.8) is 0 Å². The van der Waals surface area contributed by atoms with Crippen molar-refractivity contribution in [3.8, 4) is 11.4 Å². The van der Waals surface area contributed by atoms with Crippen molar-refractivity contribution >= 4 is 54.4 Å². The van der Waals surface area contributed by atoms with Crippen LogP contribution >= 0.6 is 0 Å². The molecule has 0 aliphatic heterocycles. The topological polar surface area (TPSA) is 229 Å². The van der Waals surface area contributed by atoms with Crippen molar-refractivity contribution in [3.05, 3.63) is 77.3 Å². The Labute approximate surface area is 219 Å². The molecular formula is C22H17N7O8S2. The second kappa shape index (κ2) is 9.48. The Kier molecular flexibility index (Phi) is 6.27. The quantitative estimate of drug-likeness (QED) is 0.154. The Morgan fingerprint density at radius 1 is 0.821 bits per heavy atom. The van der Waals surface area contributed by atoms with Gasteiger partial charge in [-0.2, -0.15) is 21.8 Å². The number of benzene rings is 3. The molecule has 0 aliphatic carbocycles. The Morgan fingerprint density at radius 2 is 1.44 bits per heavy atom. The predicted octanol–water partition coefficient (Wildman–Crippen LogP) is 2.19. The molecule has 15 nitrogen and oxygen atoms in total. The summed E-state index contributed by atoms with van der Waals surface area (Å²) in [7, 11) is -9.53. The average Bonchev–Trinajstić information content (AvgIpc) is 3.23. The van der Waals surface area contributed by atoms with E-state index in [4.69, 9.17) is 0 Å². The van der Waals surface area contributed by atoms with Crippen LogP contribution in [0, 0.1) is 0 Å². The third-order valence-corrected chi connectivity index (χ3v) is 7.03. The molecule has 3 aromatic carbocycles. The summed E-state index contributed by atoms with van der Waals surface area (Å²) in [5.41, 5.74) is 0.112. The third-order valence-electron chi connectivity index (χ3n) is 5.37. The molecule has 0 bridgehead atoms. The summed E-state index contributed by atoms with van der Waals surface area (Å²) < 4.78 is 67.1. The summed E-state index contributed by atoms with van der Waals surface area (Å²) in [6, 6.07) is 13.6. The second-order valence-corrected chi connectivity index (χ2v) is 10.9. The summed E-state index contributed by atoms with van der Waals surface area (Å²) >= 11 is 0. The van der Waals surface area contributed by atoms with Crippen LogP contribution in [-0.2, 0) is 20.2 Å². The predicted molar refractivity (Wildman–Crippen MR) is 138 cm³/mol. The van der Waals surface area contributed by atoms with Gasteiger partial charge < -0.3 is 15.7 Å². The van der Waals surface area contributed by atoms with Crippen LogP contribution in [0.15, 0.2) is 81.6 Å². The van der Waals surface area contributed by atoms with Gasteiger partial charge >= 0.3 is 0 Å². The summed E-state index contributed by atoms with van der Waals surface area (Å²) in [4.78, 5) is 23.1. The number of fused-ring (bicyclic) bond motifs is 1. The molecule has 0 fully saturated rings. The van der Waals surface area contributed by atoms with Gasteiger partial charge in [0.15, 0.2) is 0 Å². The maximum atomic E-state index is 12.4. The van der Waals surface area contributed by atoms with E-state index >= 15 is 0 Å². The number of para-hydroxylation sites is 1. The van der Waals surface area contributed by atoms with E-state index in [-0.39, 0.29) is 39.7 Å². The molecule has 17 heteroatoms. The lowest BCUT2D eigenvalue weighted by atomic mass is 10.1. The van der Waals surface area contributed by atoms with E-state index in [1.165, 1.54) is 10.7 Å². The summed E-state index contributed by atoms with van der Waals surface area (Å²) in [6.45, 7) is 0. The average molecular weight is 572 g/mol. The number of rotatable bonds is 7. The van der Waals surface area contributed by atoms with Gasteiger partial charge in [-0.1, -0.05) is 18.2 Å². The Hall–Kier alpha value is -4.84. The summed E-state index contributed by atoms with van der Waals surface area (Å²) in [5.74, 6) is -0.557. The smallest absolute Gasteiger partial charge is 0.294 e. The fourth-order valence-corrected chi connectivity index (χ4v) is 4.80. The van der Waals surface area contributed by atoms with Gasteiger partial charge in [0.25, 0.3) is 25.8 Å². The maximum absolute atomic E-state index is 12.4. The first kappa shape index (κ1) is 25.8. The van der Waals surface area contributed by atoms with Crippen molar-refractivity contribution < 1.29 is 31.0 Å². The van der Waals surface area contributed by atoms with E-state index in [0.717, 1.165) is 30.6 Å². The molecule has 39 heavy (non-hydrogen) atoms. The third kappa shape index (κ3) is 5.41. The van der Waals surface area contributed by atoms with Crippen LogP contribution in [0.3, 0.4) is 0 Å². The molecule has 2 aromatic heterocycles. The number of phenolic OH excluding ortho intramolecular Hbond substituents is 1. The van der Waals surface area contributed by atoms with Crippen LogP contribution in [-0.4, -0.2) is 55.8 Å². The zero-order valence-corrected chi connectivity index (χ0v) is 21.0. The van der Waals surface area contributed by atoms with Gasteiger partial charge in [0.1, 0.15) is 17.9 Å². The van der Waals surface area contributed by atoms with E-state index in [1.807, 2.05) is 0 Å². The van der Waals surface area contributed by atoms with Crippen molar-refractivity contribution in [2.24, 2.45) is 0 Å². The highest BCUT2D eigenvalue weighted by molar-refractivity contribution is 7.86. The zero-order valence-electron chi connectivity index (χ0n) is 19.3. The van der Waals surface area contributed by atoms with Gasteiger partial charge in [-0.25, -0.2) is 14.6 Å². The molecule has 0 saturated heterocycles. The standard InChI is InChI=1S/C22H17N7O8S2/c30-17-9-15(39(35,36)37)7-12-6-14(38(32,33)34)8-16(20(12)17)25-21-23-11-24-22(27-21)26-18-10-19(31)29(28-18)13-4-2-1-3-5-13/h1-11,28,30H,(H,32,33,34)(H,35,36,37)(H2,23,24,25,26,27). The first-order valence-corrected chi connectivity index (χ1v) is 13.6. The molecule has 200 valence electrons. The summed E-state index contributed by atoms with van der Waals surface area (Å²) in [6.07, 6.45) is 1.11. The lowest BCUT2D eigenvalue weighted by Crippen LogP contribution is -2.12. The molecule has 2 heterocycles. The highest BCUT2D eigenvalue weighted by atomic mass is 32.2. The minimum absolute atomic E-state index is 0.0258. The largest absolute Gasteiger partial charge is 0.507 e. The van der Waals surface area contributed by atoms with Gasteiger partial charge in [-0.05, 0) is 35.7 Å². The molecule has 0 saturated carbocycles. The van der Waals surface area contributed by atoms with Crippen molar-refractivity contribution in [2.75, 3.05) is 10.6 Å². The fourth-order valence-electron chi connectivity index (χ4n) is 3.72. The highest BCUT2D eigenvalue weighted by Crippen LogP contribution is 2.37. The molecule has 6 N–H and O–H groups in total. The molecule has 0 aliphatic rings. The van der Waals surface area contributed by atoms with Crippen LogP contribution in [0.4, 0.5) is 23.4 Å². The number of phenols is 1. The number of aromatic amines is 1. The highest BCUT2D eigenvalue weighted by Gasteiger charge is 2.20. The number of anilines is 4. The molecule has 0 atom stereocenters. The van der Waals surface area contributed by atoms with Gasteiger partial charge in [0.2, 0.25) is 11.9 Å². The molecular weight excluding hydrogens is 554 g/mol. The zero-order chi connectivity index (χ0) is 27.9. The monoisotopic (exact) mass is 571 g/mol. The van der Waals surface area contributed by atoms with Crippen LogP contribution in [0.25, 0.3) is 16.5 Å². The van der Waals surface area contributed by atoms with Crippen molar-refractivity contribution in [1.29, 1.82) is 0 Å². The van der Waals surface area contributed by atoms with Crippen molar-refractivity contribution in [2.45, 2.75) is 9.79 Å². The molecule has 5 rings (SSSR count). The SMILES string of the molecule is O=c1cc(Nc2ncnc(Nc3cc(S(=O)(=O)O)cc4cc(S(=O)(=O)O)cc(O)c34)n2)[nH]n1-c1ccccc1. The second-order valence-electron chi connectivity index (χ2n) is 8.02. The van der Waals surface area contributed by atoms with Gasteiger partial charge in [0, 0.05) is 17.5 Å². The Morgan fingerprint density at radius 3 is 2.08 bits per heavy atom. The van der Waals surface area contributed by atoms with Gasteiger partial charge in [-0.3, -0.25) is 19.0 Å². The van der Waals surface area contributed by atoms with Crippen LogP contribution in [0.5, 0.6) is 5.75 Å². The Balaban J connectivity index is 1.52. The van der Waals surface area contributed by atoms with Crippen LogP contribution in [0.2, 0.25) is 0 Å². The molecule has 0 spiro atoms. The number of hydrogen-bond acceptors (Lipinski definition) is 11. The number of hydrogen-bond donors (Lipinski definition) is 6. The minimum Gasteiger partial charge on any atom is -0.507 e. The Bertz CT molecular complexity index is 2000. The minimum atomic E-state index is -4.78. The van der Waals surface area contributed by atoms with E-state index in [2.05, 4.69) is 30.7 Å². The van der Waals surface area contributed by atoms with E-state index < -0.39 is 35.8 Å². The van der Waals surface area contributed by atoms with E-state index in [9.17, 15) is 35.8 Å².